The summed E-state index contributed by atoms with van der Waals surface area (Å²) in [4.78, 5) is 0. The second kappa shape index (κ2) is 5.03. The highest BCUT2D eigenvalue weighted by Gasteiger charge is 2.11. The van der Waals surface area contributed by atoms with E-state index in [0.717, 1.165) is 38.4 Å². The molecular weight excluding hydrogens is 188 g/mol. The molecule has 82 valence electrons. The fourth-order valence-electron chi connectivity index (χ4n) is 1.77. The molecule has 0 radical (unpaired) electrons. The molecule has 1 aliphatic heterocycles. The van der Waals surface area contributed by atoms with E-state index in [4.69, 9.17) is 4.74 Å². The highest BCUT2D eigenvalue weighted by molar-refractivity contribution is 5.52. The minimum Gasteiger partial charge on any atom is -0.493 e. The molecule has 0 aromatic heterocycles. The summed E-state index contributed by atoms with van der Waals surface area (Å²) in [6.45, 7) is 5.94. The number of ether oxygens (including phenoxy) is 1. The summed E-state index contributed by atoms with van der Waals surface area (Å²) >= 11 is 0. The van der Waals surface area contributed by atoms with Crippen molar-refractivity contribution in [2.45, 2.75) is 13.3 Å². The Kier molecular flexibility index (Phi) is 3.45. The number of benzene rings is 1. The van der Waals surface area contributed by atoms with E-state index in [9.17, 15) is 0 Å². The van der Waals surface area contributed by atoms with Crippen LogP contribution in [0.25, 0.3) is 0 Å². The maximum atomic E-state index is 5.46. The highest BCUT2D eigenvalue weighted by atomic mass is 16.5. The Morgan fingerprint density at radius 2 is 2.27 bits per heavy atom. The lowest BCUT2D eigenvalue weighted by molar-refractivity contribution is 0.357. The van der Waals surface area contributed by atoms with Gasteiger partial charge in [0.1, 0.15) is 5.75 Å². The van der Waals surface area contributed by atoms with Crippen LogP contribution in [0.2, 0.25) is 0 Å². The van der Waals surface area contributed by atoms with Gasteiger partial charge in [0.15, 0.2) is 0 Å². The molecule has 0 bridgehead atoms. The number of nitrogens with one attached hydrogen (secondary N) is 2. The average molecular weight is 206 g/mol. The summed E-state index contributed by atoms with van der Waals surface area (Å²) in [5, 5.41) is 6.67. The number of hydrogen-bond donors (Lipinski definition) is 2. The second-order valence-corrected chi connectivity index (χ2v) is 3.70. The van der Waals surface area contributed by atoms with Gasteiger partial charge >= 0.3 is 0 Å². The molecule has 1 heterocycles. The molecule has 2 rings (SSSR count). The molecule has 0 spiro atoms. The van der Waals surface area contributed by atoms with E-state index in [0.29, 0.717) is 0 Å². The number of hydrogen-bond acceptors (Lipinski definition) is 3. The van der Waals surface area contributed by atoms with Gasteiger partial charge in [-0.25, -0.2) is 0 Å². The van der Waals surface area contributed by atoms with Gasteiger partial charge in [-0.05, 0) is 30.3 Å². The van der Waals surface area contributed by atoms with Crippen LogP contribution in [-0.2, 0) is 6.42 Å². The highest BCUT2D eigenvalue weighted by Crippen LogP contribution is 2.27. The summed E-state index contributed by atoms with van der Waals surface area (Å²) < 4.78 is 5.46. The molecule has 1 aromatic rings. The van der Waals surface area contributed by atoms with Gasteiger partial charge in [0.25, 0.3) is 0 Å². The first kappa shape index (κ1) is 10.3. The molecule has 0 fully saturated rings. The molecule has 0 aliphatic carbocycles. The Morgan fingerprint density at radius 1 is 1.33 bits per heavy atom. The third-order valence-corrected chi connectivity index (χ3v) is 2.57. The monoisotopic (exact) mass is 206 g/mol. The molecule has 3 nitrogen and oxygen atoms in total. The molecule has 15 heavy (non-hydrogen) atoms. The molecular formula is C12H18N2O. The number of anilines is 1. The van der Waals surface area contributed by atoms with Crippen LogP contribution in [0.15, 0.2) is 18.2 Å². The van der Waals surface area contributed by atoms with Crippen LogP contribution in [0, 0.1) is 0 Å². The molecule has 0 unspecified atom stereocenters. The second-order valence-electron chi connectivity index (χ2n) is 3.70. The molecule has 2 N–H and O–H groups in total. The zero-order valence-corrected chi connectivity index (χ0v) is 9.18. The Hall–Kier alpha value is -1.22. The van der Waals surface area contributed by atoms with Gasteiger partial charge in [0, 0.05) is 25.2 Å². The third kappa shape index (κ3) is 2.63. The largest absolute Gasteiger partial charge is 0.493 e. The van der Waals surface area contributed by atoms with E-state index >= 15 is 0 Å². The van der Waals surface area contributed by atoms with Crippen molar-refractivity contribution in [3.8, 4) is 5.75 Å². The van der Waals surface area contributed by atoms with Crippen molar-refractivity contribution in [1.29, 1.82) is 0 Å². The third-order valence-electron chi connectivity index (χ3n) is 2.57. The standard InChI is InChI=1S/C12H18N2O/c1-2-13-6-7-14-11-3-4-12-10(9-11)5-8-15-12/h3-4,9,13-14H,2,5-8H2,1H3. The number of rotatable bonds is 5. The molecule has 1 aliphatic rings. The lowest BCUT2D eigenvalue weighted by Crippen LogP contribution is -2.21. The quantitative estimate of drug-likeness (QED) is 0.719. The smallest absolute Gasteiger partial charge is 0.122 e. The first-order valence-corrected chi connectivity index (χ1v) is 5.60. The Morgan fingerprint density at radius 3 is 3.13 bits per heavy atom. The number of fused-ring (bicyclic) bond motifs is 1. The van der Waals surface area contributed by atoms with Crippen molar-refractivity contribution < 1.29 is 4.74 Å². The molecule has 0 saturated heterocycles. The summed E-state index contributed by atoms with van der Waals surface area (Å²) in [5.41, 5.74) is 2.51. The van der Waals surface area contributed by atoms with Crippen LogP contribution < -0.4 is 15.4 Å². The Labute approximate surface area is 90.8 Å². The van der Waals surface area contributed by atoms with E-state index in [1.807, 2.05) is 0 Å². The van der Waals surface area contributed by atoms with Gasteiger partial charge in [-0.3, -0.25) is 0 Å². The van der Waals surface area contributed by atoms with Crippen molar-refractivity contribution >= 4 is 5.69 Å². The van der Waals surface area contributed by atoms with Gasteiger partial charge in [0.05, 0.1) is 6.61 Å². The van der Waals surface area contributed by atoms with Gasteiger partial charge in [-0.15, -0.1) is 0 Å². The van der Waals surface area contributed by atoms with Crippen LogP contribution in [0.4, 0.5) is 5.69 Å². The van der Waals surface area contributed by atoms with E-state index in [2.05, 4.69) is 35.8 Å². The zero-order valence-electron chi connectivity index (χ0n) is 9.18. The van der Waals surface area contributed by atoms with Gasteiger partial charge in [-0.2, -0.15) is 0 Å². The first-order chi connectivity index (χ1) is 7.40. The SMILES string of the molecule is CCNCCNc1ccc2c(c1)CCO2. The fraction of sp³-hybridized carbons (Fsp3) is 0.500. The van der Waals surface area contributed by atoms with Crippen LogP contribution in [0.1, 0.15) is 12.5 Å². The van der Waals surface area contributed by atoms with Crippen molar-refractivity contribution in [2.24, 2.45) is 0 Å². The molecule has 0 saturated carbocycles. The fourth-order valence-corrected chi connectivity index (χ4v) is 1.77. The van der Waals surface area contributed by atoms with Crippen LogP contribution in [0.5, 0.6) is 5.75 Å². The first-order valence-electron chi connectivity index (χ1n) is 5.60. The minimum absolute atomic E-state index is 0.830. The predicted octanol–water partition coefficient (Wildman–Crippen LogP) is 1.64. The van der Waals surface area contributed by atoms with E-state index < -0.39 is 0 Å². The Bertz CT molecular complexity index is 325. The molecule has 0 amide bonds. The van der Waals surface area contributed by atoms with E-state index in [1.54, 1.807) is 0 Å². The number of likely N-dealkylation sites (N-methyl/N-ethyl adjacent to an activating group) is 1. The van der Waals surface area contributed by atoms with Crippen molar-refractivity contribution in [3.05, 3.63) is 23.8 Å². The van der Waals surface area contributed by atoms with Crippen LogP contribution in [0.3, 0.4) is 0 Å². The maximum absolute atomic E-state index is 5.46. The van der Waals surface area contributed by atoms with Crippen molar-refractivity contribution in [2.75, 3.05) is 31.6 Å². The van der Waals surface area contributed by atoms with Gasteiger partial charge in [0.2, 0.25) is 0 Å². The lowest BCUT2D eigenvalue weighted by atomic mass is 10.1. The topological polar surface area (TPSA) is 33.3 Å². The van der Waals surface area contributed by atoms with Crippen LogP contribution >= 0.6 is 0 Å². The lowest BCUT2D eigenvalue weighted by Gasteiger charge is -2.07. The van der Waals surface area contributed by atoms with E-state index in [1.165, 1.54) is 11.3 Å². The zero-order chi connectivity index (χ0) is 10.5. The Balaban J connectivity index is 1.87. The molecule has 1 aromatic carbocycles. The molecule has 0 atom stereocenters. The molecule has 3 heteroatoms. The maximum Gasteiger partial charge on any atom is 0.122 e. The normalized spacial score (nSPS) is 13.4. The summed E-state index contributed by atoms with van der Waals surface area (Å²) in [6.07, 6.45) is 1.04. The summed E-state index contributed by atoms with van der Waals surface area (Å²) in [7, 11) is 0. The van der Waals surface area contributed by atoms with Gasteiger partial charge in [-0.1, -0.05) is 6.92 Å². The predicted molar refractivity (Wildman–Crippen MR) is 62.7 cm³/mol. The minimum atomic E-state index is 0.830. The van der Waals surface area contributed by atoms with E-state index in [-0.39, 0.29) is 0 Å². The van der Waals surface area contributed by atoms with Gasteiger partial charge < -0.3 is 15.4 Å². The van der Waals surface area contributed by atoms with Crippen molar-refractivity contribution in [1.82, 2.24) is 5.32 Å². The summed E-state index contributed by atoms with van der Waals surface area (Å²) in [6, 6.07) is 6.32. The summed E-state index contributed by atoms with van der Waals surface area (Å²) in [5.74, 6) is 1.05. The average Bonchev–Trinajstić information content (AvgIpc) is 2.71. The van der Waals surface area contributed by atoms with Crippen LogP contribution in [-0.4, -0.2) is 26.2 Å². The van der Waals surface area contributed by atoms with Crippen molar-refractivity contribution in [3.63, 3.8) is 0 Å².